The van der Waals surface area contributed by atoms with E-state index < -0.39 is 0 Å². The third kappa shape index (κ3) is 4.10. The minimum atomic E-state index is 0.254. The molecule has 0 saturated carbocycles. The lowest BCUT2D eigenvalue weighted by Gasteiger charge is -2.25. The molecule has 3 rings (SSSR count). The van der Waals surface area contributed by atoms with Crippen LogP contribution in [-0.4, -0.2) is 30.1 Å². The van der Waals surface area contributed by atoms with Crippen LogP contribution >= 0.6 is 11.8 Å². The van der Waals surface area contributed by atoms with Gasteiger partial charge in [0.15, 0.2) is 0 Å². The van der Waals surface area contributed by atoms with Crippen molar-refractivity contribution in [3.63, 3.8) is 0 Å². The fourth-order valence-corrected chi connectivity index (χ4v) is 3.94. The average molecular weight is 327 g/mol. The summed E-state index contributed by atoms with van der Waals surface area (Å²) >= 11 is 1.88. The summed E-state index contributed by atoms with van der Waals surface area (Å²) in [7, 11) is 0. The number of anilines is 1. The van der Waals surface area contributed by atoms with Gasteiger partial charge in [0.25, 0.3) is 0 Å². The van der Waals surface area contributed by atoms with Gasteiger partial charge in [-0.05, 0) is 60.4 Å². The van der Waals surface area contributed by atoms with E-state index in [9.17, 15) is 5.11 Å². The quantitative estimate of drug-likeness (QED) is 0.798. The van der Waals surface area contributed by atoms with E-state index >= 15 is 0 Å². The number of thioether (sulfide) groups is 1. The summed E-state index contributed by atoms with van der Waals surface area (Å²) in [6.45, 7) is 3.49. The maximum Gasteiger partial charge on any atom is 0.0635 e. The van der Waals surface area contributed by atoms with Crippen molar-refractivity contribution in [3.8, 4) is 0 Å². The third-order valence-corrected chi connectivity index (χ3v) is 5.39. The van der Waals surface area contributed by atoms with Crippen molar-refractivity contribution in [2.24, 2.45) is 0 Å². The first kappa shape index (κ1) is 16.4. The highest BCUT2D eigenvalue weighted by molar-refractivity contribution is 7.99. The molecule has 0 aliphatic carbocycles. The molecule has 0 radical (unpaired) electrons. The summed E-state index contributed by atoms with van der Waals surface area (Å²) in [6.07, 6.45) is 3.25. The molecule has 0 spiro atoms. The molecule has 2 aromatic carbocycles. The number of hydrogen-bond acceptors (Lipinski definition) is 3. The third-order valence-electron chi connectivity index (χ3n) is 4.50. The molecule has 1 saturated heterocycles. The molecule has 1 atom stereocenters. The monoisotopic (exact) mass is 327 g/mol. The highest BCUT2D eigenvalue weighted by Gasteiger charge is 2.23. The van der Waals surface area contributed by atoms with Crippen LogP contribution in [0.15, 0.2) is 53.4 Å². The van der Waals surface area contributed by atoms with Gasteiger partial charge in [0.05, 0.1) is 12.6 Å². The van der Waals surface area contributed by atoms with Gasteiger partial charge in [0.2, 0.25) is 0 Å². The molecule has 23 heavy (non-hydrogen) atoms. The Balaban J connectivity index is 1.65. The minimum Gasteiger partial charge on any atom is -0.394 e. The fraction of sp³-hybridized carbons (Fsp3) is 0.400. The number of aliphatic hydroxyl groups excluding tert-OH is 1. The highest BCUT2D eigenvalue weighted by Crippen LogP contribution is 2.26. The van der Waals surface area contributed by atoms with Crippen molar-refractivity contribution >= 4 is 17.4 Å². The second kappa shape index (κ2) is 7.89. The van der Waals surface area contributed by atoms with Gasteiger partial charge in [-0.3, -0.25) is 0 Å². The smallest absolute Gasteiger partial charge is 0.0635 e. The summed E-state index contributed by atoms with van der Waals surface area (Å²) in [5, 5.41) is 9.46. The number of nitrogens with zero attached hydrogens (tertiary/aromatic N) is 1. The summed E-state index contributed by atoms with van der Waals surface area (Å²) in [4.78, 5) is 3.68. The van der Waals surface area contributed by atoms with E-state index in [0.717, 1.165) is 25.1 Å². The zero-order valence-corrected chi connectivity index (χ0v) is 14.6. The number of benzene rings is 2. The second-order valence-corrected chi connectivity index (χ2v) is 7.43. The molecule has 0 unspecified atom stereocenters. The first-order chi connectivity index (χ1) is 11.3. The van der Waals surface area contributed by atoms with Crippen LogP contribution in [0.25, 0.3) is 0 Å². The van der Waals surface area contributed by atoms with Gasteiger partial charge in [0.1, 0.15) is 0 Å². The molecule has 1 N–H and O–H groups in total. The Hall–Kier alpha value is -1.45. The van der Waals surface area contributed by atoms with Gasteiger partial charge in [-0.2, -0.15) is 0 Å². The molecule has 1 heterocycles. The first-order valence-corrected chi connectivity index (χ1v) is 9.47. The van der Waals surface area contributed by atoms with Crippen LogP contribution in [0.2, 0.25) is 0 Å². The molecule has 0 bridgehead atoms. The normalized spacial score (nSPS) is 17.7. The molecule has 2 aromatic rings. The van der Waals surface area contributed by atoms with Gasteiger partial charge in [-0.15, -0.1) is 11.8 Å². The molecule has 3 heteroatoms. The lowest BCUT2D eigenvalue weighted by Crippen LogP contribution is -2.31. The maximum absolute atomic E-state index is 9.46. The van der Waals surface area contributed by atoms with Gasteiger partial charge in [0, 0.05) is 17.1 Å². The van der Waals surface area contributed by atoms with Crippen LogP contribution in [-0.2, 0) is 6.42 Å². The van der Waals surface area contributed by atoms with Crippen molar-refractivity contribution in [1.29, 1.82) is 0 Å². The number of rotatable bonds is 6. The first-order valence-electron chi connectivity index (χ1n) is 8.48. The molecular weight excluding hydrogens is 302 g/mol. The van der Waals surface area contributed by atoms with Gasteiger partial charge >= 0.3 is 0 Å². The standard InChI is InChI=1S/C20H25NOS/c1-2-23-20-11-7-17(8-12-20)14-16-5-9-18(10-6-16)21-13-3-4-19(21)15-22/h5-12,19,22H,2-4,13-15H2,1H3/t19-/m0/s1. The Morgan fingerprint density at radius 3 is 2.30 bits per heavy atom. The molecule has 2 nitrogen and oxygen atoms in total. The average Bonchev–Trinajstić information content (AvgIpc) is 3.06. The summed E-state index contributed by atoms with van der Waals surface area (Å²) in [5.74, 6) is 1.12. The number of aliphatic hydroxyl groups is 1. The molecular formula is C20H25NOS. The predicted molar refractivity (Wildman–Crippen MR) is 99.5 cm³/mol. The van der Waals surface area contributed by atoms with E-state index in [-0.39, 0.29) is 6.61 Å². The number of hydrogen-bond donors (Lipinski definition) is 1. The van der Waals surface area contributed by atoms with Crippen LogP contribution in [0.4, 0.5) is 5.69 Å². The van der Waals surface area contributed by atoms with Gasteiger partial charge < -0.3 is 10.0 Å². The molecule has 0 aromatic heterocycles. The van der Waals surface area contributed by atoms with Crippen molar-refractivity contribution in [3.05, 3.63) is 59.7 Å². The molecule has 0 amide bonds. The lowest BCUT2D eigenvalue weighted by atomic mass is 10.0. The van der Waals surface area contributed by atoms with Crippen LogP contribution in [0.1, 0.15) is 30.9 Å². The summed E-state index contributed by atoms with van der Waals surface area (Å²) in [5.41, 5.74) is 3.93. The Morgan fingerprint density at radius 1 is 1.04 bits per heavy atom. The lowest BCUT2D eigenvalue weighted by molar-refractivity contribution is 0.266. The van der Waals surface area contributed by atoms with E-state index in [0.29, 0.717) is 6.04 Å². The maximum atomic E-state index is 9.46. The Kier molecular flexibility index (Phi) is 5.63. The van der Waals surface area contributed by atoms with E-state index in [4.69, 9.17) is 0 Å². The van der Waals surface area contributed by atoms with Crippen molar-refractivity contribution in [2.45, 2.75) is 37.1 Å². The molecule has 1 aliphatic rings. The minimum absolute atomic E-state index is 0.254. The molecule has 1 aliphatic heterocycles. The van der Waals surface area contributed by atoms with Crippen molar-refractivity contribution in [2.75, 3.05) is 23.8 Å². The van der Waals surface area contributed by atoms with Crippen LogP contribution in [0, 0.1) is 0 Å². The zero-order valence-electron chi connectivity index (χ0n) is 13.7. The van der Waals surface area contributed by atoms with E-state index in [1.165, 1.54) is 28.1 Å². The van der Waals surface area contributed by atoms with Gasteiger partial charge in [-0.1, -0.05) is 31.2 Å². The zero-order chi connectivity index (χ0) is 16.1. The molecule has 1 fully saturated rings. The largest absolute Gasteiger partial charge is 0.394 e. The summed E-state index contributed by atoms with van der Waals surface area (Å²) in [6, 6.07) is 18.0. The van der Waals surface area contributed by atoms with Crippen LogP contribution in [0.3, 0.4) is 0 Å². The van der Waals surface area contributed by atoms with Crippen molar-refractivity contribution in [1.82, 2.24) is 0 Å². The van der Waals surface area contributed by atoms with E-state index in [1.54, 1.807) is 0 Å². The Morgan fingerprint density at radius 2 is 1.70 bits per heavy atom. The van der Waals surface area contributed by atoms with Crippen LogP contribution in [0.5, 0.6) is 0 Å². The Labute approximate surface area is 143 Å². The van der Waals surface area contributed by atoms with Gasteiger partial charge in [-0.25, -0.2) is 0 Å². The molecule has 122 valence electrons. The van der Waals surface area contributed by atoms with Crippen molar-refractivity contribution < 1.29 is 5.11 Å². The predicted octanol–water partition coefficient (Wildman–Crippen LogP) is 4.35. The highest BCUT2D eigenvalue weighted by atomic mass is 32.2. The van der Waals surface area contributed by atoms with E-state index in [1.807, 2.05) is 11.8 Å². The second-order valence-electron chi connectivity index (χ2n) is 6.09. The fourth-order valence-electron chi connectivity index (χ4n) is 3.28. The topological polar surface area (TPSA) is 23.5 Å². The summed E-state index contributed by atoms with van der Waals surface area (Å²) < 4.78 is 0. The SMILES string of the molecule is CCSc1ccc(Cc2ccc(N3CCC[C@H]3CO)cc2)cc1. The van der Waals surface area contributed by atoms with Crippen LogP contribution < -0.4 is 4.90 Å². The Bertz CT molecular complexity index is 609. The van der Waals surface area contributed by atoms with E-state index in [2.05, 4.69) is 60.4 Å².